The van der Waals surface area contributed by atoms with Gasteiger partial charge in [-0.1, -0.05) is 61.5 Å². The number of nitro groups is 1. The van der Waals surface area contributed by atoms with Crippen molar-refractivity contribution >= 4 is 39.9 Å². The van der Waals surface area contributed by atoms with Crippen LogP contribution in [0.25, 0.3) is 10.9 Å². The lowest BCUT2D eigenvalue weighted by atomic mass is 9.79. The Balaban J connectivity index is 1.69. The number of benzene rings is 3. The molecule has 0 radical (unpaired) electrons. The van der Waals surface area contributed by atoms with Gasteiger partial charge in [-0.25, -0.2) is 0 Å². The van der Waals surface area contributed by atoms with Crippen LogP contribution in [-0.4, -0.2) is 21.6 Å². The molecule has 6 nitrogen and oxygen atoms in total. The second kappa shape index (κ2) is 9.83. The molecule has 0 fully saturated rings. The highest BCUT2D eigenvalue weighted by Gasteiger charge is 2.39. The molecule has 0 saturated heterocycles. The van der Waals surface area contributed by atoms with Crippen LogP contribution in [0.4, 0.5) is 11.4 Å². The average Bonchev–Trinajstić information content (AvgIpc) is 2.86. The fourth-order valence-corrected chi connectivity index (χ4v) is 5.14. The van der Waals surface area contributed by atoms with Gasteiger partial charge in [0, 0.05) is 34.4 Å². The number of amides is 1. The molecule has 1 atom stereocenters. The molecule has 1 N–H and O–H groups in total. The van der Waals surface area contributed by atoms with E-state index in [1.807, 2.05) is 73.7 Å². The van der Waals surface area contributed by atoms with Gasteiger partial charge in [-0.15, -0.1) is 11.8 Å². The molecule has 7 heteroatoms. The number of nitro benzene ring substituents is 1. The van der Waals surface area contributed by atoms with Gasteiger partial charge in [-0.05, 0) is 30.2 Å². The Morgan fingerprint density at radius 2 is 1.79 bits per heavy atom. The predicted molar refractivity (Wildman–Crippen MR) is 133 cm³/mol. The first kappa shape index (κ1) is 22.5. The van der Waals surface area contributed by atoms with Crippen molar-refractivity contribution < 1.29 is 9.72 Å². The lowest BCUT2D eigenvalue weighted by Crippen LogP contribution is -2.42. The van der Waals surface area contributed by atoms with Gasteiger partial charge in [0.2, 0.25) is 5.91 Å². The number of rotatable bonds is 8. The van der Waals surface area contributed by atoms with Crippen molar-refractivity contribution in [3.8, 4) is 0 Å². The second-order valence-electron chi connectivity index (χ2n) is 7.68. The summed E-state index contributed by atoms with van der Waals surface area (Å²) in [4.78, 5) is 29.8. The first-order chi connectivity index (χ1) is 16.0. The summed E-state index contributed by atoms with van der Waals surface area (Å²) in [7, 11) is 0. The quantitative estimate of drug-likeness (QED) is 0.193. The van der Waals surface area contributed by atoms with Crippen molar-refractivity contribution in [2.75, 3.05) is 11.1 Å². The largest absolute Gasteiger partial charge is 0.323 e. The molecule has 4 rings (SSSR count). The van der Waals surface area contributed by atoms with Gasteiger partial charge in [0.15, 0.2) is 0 Å². The molecule has 33 heavy (non-hydrogen) atoms. The average molecular weight is 458 g/mol. The van der Waals surface area contributed by atoms with Crippen LogP contribution in [0.15, 0.2) is 96.0 Å². The van der Waals surface area contributed by atoms with E-state index < -0.39 is 10.3 Å². The van der Waals surface area contributed by atoms with Crippen LogP contribution >= 0.6 is 11.8 Å². The van der Waals surface area contributed by atoms with E-state index in [9.17, 15) is 14.9 Å². The van der Waals surface area contributed by atoms with Gasteiger partial charge in [-0.2, -0.15) is 0 Å². The lowest BCUT2D eigenvalue weighted by molar-refractivity contribution is -0.385. The van der Waals surface area contributed by atoms with E-state index >= 15 is 0 Å². The van der Waals surface area contributed by atoms with Crippen molar-refractivity contribution in [3.63, 3.8) is 0 Å². The second-order valence-corrected chi connectivity index (χ2v) is 8.73. The number of para-hydroxylation sites is 1. The molecule has 4 aromatic rings. The van der Waals surface area contributed by atoms with Crippen LogP contribution in [0, 0.1) is 10.1 Å². The predicted octanol–water partition coefficient (Wildman–Crippen LogP) is 6.22. The van der Waals surface area contributed by atoms with E-state index in [1.54, 1.807) is 18.3 Å². The summed E-state index contributed by atoms with van der Waals surface area (Å²) < 4.78 is 0. The Hall–Kier alpha value is -3.71. The summed E-state index contributed by atoms with van der Waals surface area (Å²) >= 11 is 1.44. The summed E-state index contributed by atoms with van der Waals surface area (Å²) in [5, 5.41) is 15.2. The number of carbonyl (C=O) groups is 1. The number of non-ortho nitro benzene ring substituents is 1. The minimum atomic E-state index is -0.840. The fourth-order valence-electron chi connectivity index (χ4n) is 3.84. The third-order valence-electron chi connectivity index (χ3n) is 5.76. The number of hydrogen-bond donors (Lipinski definition) is 1. The minimum Gasteiger partial charge on any atom is -0.323 e. The van der Waals surface area contributed by atoms with E-state index in [-0.39, 0.29) is 11.6 Å². The molecular formula is C26H23N3O3S. The maximum absolute atomic E-state index is 13.8. The standard InChI is InChI=1S/C26H23N3O3S/c1-2-26(20-11-4-3-5-12-20,18-33-22-14-7-13-21(17-22)29(31)32)25(30)28-23-15-6-9-19-10-8-16-27-24(19)23/h3-17H,2,18H2,1H3,(H,28,30). The molecule has 0 aliphatic carbocycles. The van der Waals surface area contributed by atoms with E-state index in [0.717, 1.165) is 21.4 Å². The Morgan fingerprint density at radius 3 is 2.55 bits per heavy atom. The highest BCUT2D eigenvalue weighted by Crippen LogP contribution is 2.37. The molecule has 0 aliphatic heterocycles. The van der Waals surface area contributed by atoms with E-state index in [2.05, 4.69) is 10.3 Å². The summed E-state index contributed by atoms with van der Waals surface area (Å²) in [6, 6.07) is 25.7. The maximum atomic E-state index is 13.8. The Morgan fingerprint density at radius 1 is 1.03 bits per heavy atom. The molecule has 0 bridgehead atoms. The molecule has 0 aliphatic rings. The number of pyridine rings is 1. The SMILES string of the molecule is CCC(CSc1cccc([N+](=O)[O-])c1)(C(=O)Nc1cccc2cccnc12)c1ccccc1. The van der Waals surface area contributed by atoms with Gasteiger partial charge < -0.3 is 5.32 Å². The van der Waals surface area contributed by atoms with E-state index in [0.29, 0.717) is 17.9 Å². The zero-order chi connectivity index (χ0) is 23.3. The number of nitrogens with one attached hydrogen (secondary N) is 1. The number of thioether (sulfide) groups is 1. The monoisotopic (exact) mass is 457 g/mol. The highest BCUT2D eigenvalue weighted by atomic mass is 32.2. The Labute approximate surface area is 196 Å². The molecule has 166 valence electrons. The maximum Gasteiger partial charge on any atom is 0.270 e. The lowest BCUT2D eigenvalue weighted by Gasteiger charge is -2.32. The van der Waals surface area contributed by atoms with Crippen molar-refractivity contribution in [1.29, 1.82) is 0 Å². The zero-order valence-electron chi connectivity index (χ0n) is 18.1. The van der Waals surface area contributed by atoms with Gasteiger partial charge in [0.25, 0.3) is 5.69 Å². The minimum absolute atomic E-state index is 0.0353. The van der Waals surface area contributed by atoms with Crippen LogP contribution in [0.2, 0.25) is 0 Å². The molecular weight excluding hydrogens is 434 g/mol. The Bertz CT molecular complexity index is 1290. The molecule has 1 heterocycles. The molecule has 1 amide bonds. The topological polar surface area (TPSA) is 85.1 Å². The van der Waals surface area contributed by atoms with E-state index in [1.165, 1.54) is 17.8 Å². The number of nitrogens with zero attached hydrogens (tertiary/aromatic N) is 2. The number of anilines is 1. The number of aromatic nitrogens is 1. The van der Waals surface area contributed by atoms with Gasteiger partial charge >= 0.3 is 0 Å². The molecule has 0 spiro atoms. The third-order valence-corrected chi connectivity index (χ3v) is 6.98. The number of carbonyl (C=O) groups excluding carboxylic acids is 1. The van der Waals surface area contributed by atoms with Crippen molar-refractivity contribution in [2.24, 2.45) is 0 Å². The van der Waals surface area contributed by atoms with Crippen LogP contribution in [0.3, 0.4) is 0 Å². The highest BCUT2D eigenvalue weighted by molar-refractivity contribution is 7.99. The Kier molecular flexibility index (Phi) is 6.70. The van der Waals surface area contributed by atoms with Gasteiger partial charge in [0.1, 0.15) is 0 Å². The summed E-state index contributed by atoms with van der Waals surface area (Å²) in [6.07, 6.45) is 2.27. The van der Waals surface area contributed by atoms with Crippen LogP contribution < -0.4 is 5.32 Å². The third kappa shape index (κ3) is 4.73. The summed E-state index contributed by atoms with van der Waals surface area (Å²) in [6.45, 7) is 1.99. The zero-order valence-corrected chi connectivity index (χ0v) is 18.9. The first-order valence-corrected chi connectivity index (χ1v) is 11.6. The smallest absolute Gasteiger partial charge is 0.270 e. The first-order valence-electron chi connectivity index (χ1n) is 10.6. The van der Waals surface area contributed by atoms with Crippen molar-refractivity contribution in [1.82, 2.24) is 4.98 Å². The van der Waals surface area contributed by atoms with Crippen molar-refractivity contribution in [3.05, 3.63) is 107 Å². The van der Waals surface area contributed by atoms with Gasteiger partial charge in [-0.3, -0.25) is 19.9 Å². The number of fused-ring (bicyclic) bond motifs is 1. The van der Waals surface area contributed by atoms with Crippen molar-refractivity contribution in [2.45, 2.75) is 23.7 Å². The van der Waals surface area contributed by atoms with Crippen LogP contribution in [-0.2, 0) is 10.2 Å². The molecule has 0 saturated carbocycles. The summed E-state index contributed by atoms with van der Waals surface area (Å²) in [5.74, 6) is 0.297. The van der Waals surface area contributed by atoms with Gasteiger partial charge in [0.05, 0.1) is 21.5 Å². The fraction of sp³-hybridized carbons (Fsp3) is 0.154. The molecule has 1 unspecified atom stereocenters. The number of hydrogen-bond acceptors (Lipinski definition) is 5. The molecule has 1 aromatic heterocycles. The normalized spacial score (nSPS) is 12.8. The summed E-state index contributed by atoms with van der Waals surface area (Å²) in [5.41, 5.74) is 1.49. The van der Waals surface area contributed by atoms with Crippen LogP contribution in [0.1, 0.15) is 18.9 Å². The van der Waals surface area contributed by atoms with E-state index in [4.69, 9.17) is 0 Å². The molecule has 3 aromatic carbocycles. The van der Waals surface area contributed by atoms with Crippen LogP contribution in [0.5, 0.6) is 0 Å².